The predicted molar refractivity (Wildman–Crippen MR) is 74.1 cm³/mol. The van der Waals surface area contributed by atoms with E-state index in [4.69, 9.17) is 4.74 Å². The Morgan fingerprint density at radius 1 is 1.43 bits per heavy atom. The summed E-state index contributed by atoms with van der Waals surface area (Å²) >= 11 is 0. The lowest BCUT2D eigenvalue weighted by Gasteiger charge is -2.06. The molecule has 114 valence electrons. The van der Waals surface area contributed by atoms with Gasteiger partial charge < -0.3 is 9.84 Å². The van der Waals surface area contributed by atoms with Gasteiger partial charge in [0.1, 0.15) is 0 Å². The number of hydrogen-bond acceptors (Lipinski definition) is 6. The number of H-pyrrole nitrogens is 1. The molecule has 0 radical (unpaired) electrons. The van der Waals surface area contributed by atoms with Crippen LogP contribution in [0.15, 0.2) is 23.4 Å². The van der Waals surface area contributed by atoms with Gasteiger partial charge in [0, 0.05) is 30.1 Å². The molecule has 2 rings (SSSR count). The van der Waals surface area contributed by atoms with E-state index in [0.717, 1.165) is 0 Å². The molecule has 2 heterocycles. The fourth-order valence-electron chi connectivity index (χ4n) is 1.72. The minimum absolute atomic E-state index is 0.0656. The molecular formula is C12H16N4O4S. The van der Waals surface area contributed by atoms with Gasteiger partial charge in [-0.05, 0) is 12.5 Å². The minimum Gasteiger partial charge on any atom is -0.481 e. The standard InChI is InChI=1S/C12H16N4O4S/c1-8-10(7-17)12(16-15-8)21(18,19)14-6-9-3-4-11(20-2)13-5-9/h3-5,14,17H,6-7H2,1-2H3,(H,15,16). The van der Waals surface area contributed by atoms with Gasteiger partial charge in [0.05, 0.1) is 13.7 Å². The second-order valence-electron chi connectivity index (χ2n) is 4.32. The van der Waals surface area contributed by atoms with E-state index >= 15 is 0 Å². The molecule has 9 heteroatoms. The lowest BCUT2D eigenvalue weighted by atomic mass is 10.3. The van der Waals surface area contributed by atoms with Crippen LogP contribution in [0.25, 0.3) is 0 Å². The average Bonchev–Trinajstić information content (AvgIpc) is 2.87. The normalized spacial score (nSPS) is 11.6. The minimum atomic E-state index is -3.81. The summed E-state index contributed by atoms with van der Waals surface area (Å²) in [5.74, 6) is 0.451. The molecular weight excluding hydrogens is 296 g/mol. The fourth-order valence-corrected chi connectivity index (χ4v) is 2.92. The lowest BCUT2D eigenvalue weighted by Crippen LogP contribution is -2.24. The highest BCUT2D eigenvalue weighted by atomic mass is 32.2. The van der Waals surface area contributed by atoms with Gasteiger partial charge in [-0.1, -0.05) is 6.07 Å². The molecule has 0 unspecified atom stereocenters. The van der Waals surface area contributed by atoms with Gasteiger partial charge >= 0.3 is 0 Å². The van der Waals surface area contributed by atoms with Gasteiger partial charge in [0.2, 0.25) is 5.88 Å². The SMILES string of the molecule is COc1ccc(CNS(=O)(=O)c2n[nH]c(C)c2CO)cn1. The van der Waals surface area contributed by atoms with Gasteiger partial charge in [0.25, 0.3) is 10.0 Å². The molecule has 3 N–H and O–H groups in total. The van der Waals surface area contributed by atoms with Crippen LogP contribution < -0.4 is 9.46 Å². The number of methoxy groups -OCH3 is 1. The molecule has 0 fully saturated rings. The van der Waals surface area contributed by atoms with Gasteiger partial charge in [-0.2, -0.15) is 5.10 Å². The molecule has 0 saturated heterocycles. The van der Waals surface area contributed by atoms with Crippen molar-refractivity contribution in [1.29, 1.82) is 0 Å². The van der Waals surface area contributed by atoms with Crippen LogP contribution in [0.2, 0.25) is 0 Å². The van der Waals surface area contributed by atoms with E-state index in [1.54, 1.807) is 19.1 Å². The van der Waals surface area contributed by atoms with Crippen LogP contribution in [0.1, 0.15) is 16.8 Å². The Morgan fingerprint density at radius 2 is 2.19 bits per heavy atom. The number of aliphatic hydroxyl groups excluding tert-OH is 1. The van der Waals surface area contributed by atoms with Crippen LogP contribution in [0.5, 0.6) is 5.88 Å². The number of aliphatic hydroxyl groups is 1. The molecule has 21 heavy (non-hydrogen) atoms. The summed E-state index contributed by atoms with van der Waals surface area (Å²) in [6, 6.07) is 3.35. The quantitative estimate of drug-likeness (QED) is 0.696. The Hall–Kier alpha value is -1.97. The van der Waals surface area contributed by atoms with Crippen LogP contribution in [0.4, 0.5) is 0 Å². The second-order valence-corrected chi connectivity index (χ2v) is 6.01. The first-order chi connectivity index (χ1) is 9.97. The number of aromatic nitrogens is 3. The number of pyridine rings is 1. The zero-order valence-electron chi connectivity index (χ0n) is 11.6. The van der Waals surface area contributed by atoms with Gasteiger partial charge in [-0.25, -0.2) is 18.1 Å². The zero-order valence-corrected chi connectivity index (χ0v) is 12.4. The Bertz CT molecular complexity index is 709. The largest absolute Gasteiger partial charge is 0.481 e. The molecule has 0 aliphatic heterocycles. The number of sulfonamides is 1. The molecule has 8 nitrogen and oxygen atoms in total. The third kappa shape index (κ3) is 3.38. The van der Waals surface area contributed by atoms with Crippen molar-refractivity contribution >= 4 is 10.0 Å². The molecule has 2 aromatic rings. The summed E-state index contributed by atoms with van der Waals surface area (Å²) in [6.45, 7) is 1.31. The summed E-state index contributed by atoms with van der Waals surface area (Å²) in [5, 5.41) is 15.3. The van der Waals surface area contributed by atoms with E-state index in [1.165, 1.54) is 13.3 Å². The van der Waals surface area contributed by atoms with Gasteiger partial charge in [-0.3, -0.25) is 5.10 Å². The van der Waals surface area contributed by atoms with Crippen molar-refractivity contribution < 1.29 is 18.3 Å². The molecule has 0 saturated carbocycles. The number of nitrogens with one attached hydrogen (secondary N) is 2. The number of nitrogens with zero attached hydrogens (tertiary/aromatic N) is 2. The van der Waals surface area contributed by atoms with E-state index in [1.807, 2.05) is 0 Å². The van der Waals surface area contributed by atoms with Gasteiger partial charge in [0.15, 0.2) is 5.03 Å². The molecule has 0 spiro atoms. The smallest absolute Gasteiger partial charge is 0.260 e. The van der Waals surface area contributed by atoms with Crippen molar-refractivity contribution in [3.05, 3.63) is 35.2 Å². The Balaban J connectivity index is 2.13. The summed E-state index contributed by atoms with van der Waals surface area (Å²) in [7, 11) is -2.31. The van der Waals surface area contributed by atoms with E-state index in [-0.39, 0.29) is 17.1 Å². The first-order valence-electron chi connectivity index (χ1n) is 6.11. The molecule has 0 atom stereocenters. The van der Waals surface area contributed by atoms with Crippen LogP contribution in [0, 0.1) is 6.92 Å². The van der Waals surface area contributed by atoms with Crippen LogP contribution >= 0.6 is 0 Å². The Morgan fingerprint density at radius 3 is 2.76 bits per heavy atom. The van der Waals surface area contributed by atoms with E-state index in [2.05, 4.69) is 19.9 Å². The number of aromatic amines is 1. The topological polar surface area (TPSA) is 117 Å². The van der Waals surface area contributed by atoms with Crippen LogP contribution in [0.3, 0.4) is 0 Å². The number of rotatable bonds is 6. The summed E-state index contributed by atoms with van der Waals surface area (Å²) in [6.07, 6.45) is 1.52. The van der Waals surface area contributed by atoms with E-state index < -0.39 is 16.6 Å². The maximum atomic E-state index is 12.2. The number of hydrogen-bond donors (Lipinski definition) is 3. The van der Waals surface area contributed by atoms with Crippen molar-refractivity contribution in [3.8, 4) is 5.88 Å². The van der Waals surface area contributed by atoms with Crippen molar-refractivity contribution in [2.24, 2.45) is 0 Å². The fraction of sp³-hybridized carbons (Fsp3) is 0.333. The highest BCUT2D eigenvalue weighted by Crippen LogP contribution is 2.16. The highest BCUT2D eigenvalue weighted by molar-refractivity contribution is 7.89. The van der Waals surface area contributed by atoms with E-state index in [9.17, 15) is 13.5 Å². The van der Waals surface area contributed by atoms with Gasteiger partial charge in [-0.15, -0.1) is 0 Å². The maximum absolute atomic E-state index is 12.2. The average molecular weight is 312 g/mol. The van der Waals surface area contributed by atoms with E-state index in [0.29, 0.717) is 17.1 Å². The molecule has 0 aliphatic rings. The third-order valence-electron chi connectivity index (χ3n) is 2.92. The Labute approximate surface area is 122 Å². The van der Waals surface area contributed by atoms with Crippen molar-refractivity contribution in [2.75, 3.05) is 7.11 Å². The third-order valence-corrected chi connectivity index (χ3v) is 4.29. The molecule has 2 aromatic heterocycles. The molecule has 0 aliphatic carbocycles. The molecule has 0 bridgehead atoms. The second kappa shape index (κ2) is 6.20. The first-order valence-corrected chi connectivity index (χ1v) is 7.59. The zero-order chi connectivity index (χ0) is 15.5. The monoisotopic (exact) mass is 312 g/mol. The number of ether oxygens (including phenoxy) is 1. The first kappa shape index (κ1) is 15.4. The maximum Gasteiger partial charge on any atom is 0.260 e. The Kier molecular flexibility index (Phi) is 4.56. The highest BCUT2D eigenvalue weighted by Gasteiger charge is 2.23. The van der Waals surface area contributed by atoms with Crippen LogP contribution in [-0.4, -0.2) is 35.8 Å². The summed E-state index contributed by atoms with van der Waals surface area (Å²) in [5.41, 5.74) is 1.46. The lowest BCUT2D eigenvalue weighted by molar-refractivity contribution is 0.277. The van der Waals surface area contributed by atoms with Crippen molar-refractivity contribution in [2.45, 2.75) is 25.1 Å². The van der Waals surface area contributed by atoms with Crippen LogP contribution in [-0.2, 0) is 23.2 Å². The molecule has 0 amide bonds. The summed E-state index contributed by atoms with van der Waals surface area (Å²) < 4.78 is 31.7. The van der Waals surface area contributed by atoms with Crippen molar-refractivity contribution in [3.63, 3.8) is 0 Å². The van der Waals surface area contributed by atoms with Crippen molar-refractivity contribution in [1.82, 2.24) is 19.9 Å². The summed E-state index contributed by atoms with van der Waals surface area (Å²) in [4.78, 5) is 3.99. The molecule has 0 aromatic carbocycles. The predicted octanol–water partition coefficient (Wildman–Crippen LogP) is 0.0925. The number of aryl methyl sites for hydroxylation is 1.